The van der Waals surface area contributed by atoms with Crippen LogP contribution in [-0.4, -0.2) is 68.2 Å². The molecule has 0 saturated carbocycles. The molecule has 0 spiro atoms. The zero-order chi connectivity index (χ0) is 37.2. The summed E-state index contributed by atoms with van der Waals surface area (Å²) in [6.07, 6.45) is 2.47. The summed E-state index contributed by atoms with van der Waals surface area (Å²) < 4.78 is 41.1. The van der Waals surface area contributed by atoms with E-state index in [0.717, 1.165) is 24.1 Å². The number of aromatic nitrogens is 1. The van der Waals surface area contributed by atoms with Crippen LogP contribution in [-0.2, 0) is 29.1 Å². The van der Waals surface area contributed by atoms with Crippen LogP contribution in [0.3, 0.4) is 0 Å². The van der Waals surface area contributed by atoms with E-state index < -0.39 is 34.3 Å². The second-order valence-corrected chi connectivity index (χ2v) is 14.0. The third-order valence-corrected chi connectivity index (χ3v) is 9.09. The molecule has 0 aliphatic carbocycles. The van der Waals surface area contributed by atoms with Crippen molar-refractivity contribution < 1.29 is 27.8 Å². The first kappa shape index (κ1) is 39.9. The topological polar surface area (TPSA) is 129 Å². The van der Waals surface area contributed by atoms with Crippen molar-refractivity contribution in [2.45, 2.75) is 85.1 Å². The Morgan fingerprint density at radius 2 is 1.72 bits per heavy atom. The number of amides is 2. The smallest absolute Gasteiger partial charge is 0.410 e. The molecule has 2 heterocycles. The van der Waals surface area contributed by atoms with Crippen LogP contribution in [0.4, 0.5) is 13.6 Å². The van der Waals surface area contributed by atoms with Crippen molar-refractivity contribution in [2.24, 2.45) is 0 Å². The number of hydrogen-bond acceptors (Lipinski definition) is 8. The number of nitrogens with one attached hydrogen (secondary N) is 2. The van der Waals surface area contributed by atoms with E-state index in [1.165, 1.54) is 12.3 Å². The quantitative estimate of drug-likeness (QED) is 0.130. The highest BCUT2D eigenvalue weighted by molar-refractivity contribution is 8.26. The highest BCUT2D eigenvalue weighted by Crippen LogP contribution is 2.32. The Morgan fingerprint density at radius 1 is 1.08 bits per heavy atom. The first-order chi connectivity index (χ1) is 23.6. The lowest BCUT2D eigenvalue weighted by Gasteiger charge is -2.46. The molecule has 1 aliphatic heterocycles. The molecule has 1 saturated heterocycles. The number of carbonyl (C=O) groups excluding carboxylic acids is 2. The summed E-state index contributed by atoms with van der Waals surface area (Å²) in [6.45, 7) is 12.1. The molecule has 3 aromatic rings. The van der Waals surface area contributed by atoms with Crippen molar-refractivity contribution in [3.05, 3.63) is 99.0 Å². The molecule has 50 heavy (non-hydrogen) atoms. The van der Waals surface area contributed by atoms with Gasteiger partial charge in [0.2, 0.25) is 11.8 Å². The van der Waals surface area contributed by atoms with Gasteiger partial charge in [0.1, 0.15) is 28.9 Å². The molecule has 0 radical (unpaired) electrons. The zero-order valence-electron chi connectivity index (χ0n) is 29.8. The van der Waals surface area contributed by atoms with Crippen LogP contribution in [0.15, 0.2) is 59.5 Å². The van der Waals surface area contributed by atoms with Gasteiger partial charge in [0.15, 0.2) is 5.75 Å². The Hall–Kier alpha value is -4.52. The molecule has 1 aromatic heterocycles. The van der Waals surface area contributed by atoms with Crippen molar-refractivity contribution in [1.29, 1.82) is 10.8 Å². The lowest BCUT2D eigenvalue weighted by Crippen LogP contribution is -2.57. The second-order valence-electron chi connectivity index (χ2n) is 12.9. The summed E-state index contributed by atoms with van der Waals surface area (Å²) in [7, 11) is 1.68. The maximum absolute atomic E-state index is 14.3. The van der Waals surface area contributed by atoms with Crippen molar-refractivity contribution in [2.75, 3.05) is 20.1 Å². The van der Waals surface area contributed by atoms with Crippen LogP contribution in [0.5, 0.6) is 5.75 Å². The van der Waals surface area contributed by atoms with E-state index in [1.54, 1.807) is 49.1 Å². The van der Waals surface area contributed by atoms with E-state index in [-0.39, 0.29) is 46.5 Å². The number of thioether (sulfide) groups is 1. The number of nitrogens with zero attached hydrogens (tertiary/aromatic N) is 3. The maximum atomic E-state index is 14.3. The molecule has 2 aromatic carbocycles. The molecule has 10 nitrogen and oxygen atoms in total. The minimum atomic E-state index is -0.802. The standard InChI is InChI=1S/C35H41F2N5O5S.C2H6/c1-23-31(46-20-24-9-7-6-8-10-24)30(44)27(32(39)48-29(38)17-25-11-12-26(36)18-28(25)37)19-42(23)21-35(40(5)22-43)13-15-41(16-14-35)33(45)47-34(2,3)4;1-2/h6-12,18-19,22,38-39H,13-17,20-21H2,1-5H3;1-2H3. The van der Waals surface area contributed by atoms with Gasteiger partial charge in [-0.1, -0.05) is 62.0 Å². The Labute approximate surface area is 296 Å². The SMILES string of the molecule is CC.Cc1c(OCc2ccccc2)c(=O)c(C(=N)SC(=N)Cc2ccc(F)cc2F)cn1CC1(N(C)C=O)CCN(C(=O)OC(C)(C)C)CC1. The van der Waals surface area contributed by atoms with Gasteiger partial charge >= 0.3 is 6.09 Å². The van der Waals surface area contributed by atoms with Gasteiger partial charge < -0.3 is 23.8 Å². The Balaban J connectivity index is 0.00000332. The first-order valence-corrected chi connectivity index (χ1v) is 17.3. The summed E-state index contributed by atoms with van der Waals surface area (Å²) in [4.78, 5) is 42.0. The molecule has 4 rings (SSSR count). The largest absolute Gasteiger partial charge is 0.483 e. The number of rotatable bonds is 10. The number of hydrogen-bond donors (Lipinski definition) is 2. The molecule has 0 bridgehead atoms. The Morgan fingerprint density at radius 3 is 2.30 bits per heavy atom. The summed E-state index contributed by atoms with van der Waals surface area (Å²) >= 11 is 0.689. The summed E-state index contributed by atoms with van der Waals surface area (Å²) in [5.41, 5.74) is -0.593. The minimum absolute atomic E-state index is 0.0212. The van der Waals surface area contributed by atoms with E-state index in [1.807, 2.05) is 44.2 Å². The Kier molecular flexibility index (Phi) is 13.9. The molecule has 0 atom stereocenters. The molecular weight excluding hydrogens is 664 g/mol. The number of likely N-dealkylation sites (tertiary alicyclic amines) is 1. The number of pyridine rings is 1. The molecule has 270 valence electrons. The average molecular weight is 712 g/mol. The third-order valence-electron chi connectivity index (χ3n) is 8.27. The average Bonchev–Trinajstić information content (AvgIpc) is 3.07. The fourth-order valence-corrected chi connectivity index (χ4v) is 6.22. The number of likely N-dealkylation sites (N-methyl/N-ethyl adjacent to an activating group) is 1. The predicted molar refractivity (Wildman–Crippen MR) is 193 cm³/mol. The monoisotopic (exact) mass is 711 g/mol. The lowest BCUT2D eigenvalue weighted by atomic mass is 9.85. The number of ether oxygens (including phenoxy) is 2. The summed E-state index contributed by atoms with van der Waals surface area (Å²) in [6, 6.07) is 12.4. The van der Waals surface area contributed by atoms with Crippen molar-refractivity contribution in [3.63, 3.8) is 0 Å². The van der Waals surface area contributed by atoms with Crippen molar-refractivity contribution in [1.82, 2.24) is 14.4 Å². The van der Waals surface area contributed by atoms with Crippen LogP contribution in [0, 0.1) is 29.4 Å². The fraction of sp³-hybridized carbons (Fsp3) is 0.432. The van der Waals surface area contributed by atoms with Crippen molar-refractivity contribution in [3.8, 4) is 5.75 Å². The van der Waals surface area contributed by atoms with E-state index in [2.05, 4.69) is 0 Å². The molecule has 1 aliphatic rings. The summed E-state index contributed by atoms with van der Waals surface area (Å²) in [5, 5.41) is 16.9. The van der Waals surface area contributed by atoms with Crippen LogP contribution in [0.1, 0.15) is 69.8 Å². The molecular formula is C37H47F2N5O5S. The number of piperidine rings is 1. The maximum Gasteiger partial charge on any atom is 0.410 e. The number of halogens is 2. The van der Waals surface area contributed by atoms with Gasteiger partial charge in [-0.25, -0.2) is 13.6 Å². The van der Waals surface area contributed by atoms with E-state index in [9.17, 15) is 23.2 Å². The number of benzene rings is 2. The molecule has 13 heteroatoms. The van der Waals surface area contributed by atoms with Gasteiger partial charge in [-0.15, -0.1) is 0 Å². The van der Waals surface area contributed by atoms with Crippen molar-refractivity contribution >= 4 is 34.4 Å². The normalized spacial score (nSPS) is 13.8. The van der Waals surface area contributed by atoms with Crippen LogP contribution in [0.2, 0.25) is 0 Å². The predicted octanol–water partition coefficient (Wildman–Crippen LogP) is 7.18. The second kappa shape index (κ2) is 17.4. The van der Waals surface area contributed by atoms with Gasteiger partial charge in [-0.05, 0) is 57.7 Å². The Bertz CT molecular complexity index is 1730. The van der Waals surface area contributed by atoms with E-state index >= 15 is 0 Å². The van der Waals surface area contributed by atoms with E-state index in [0.29, 0.717) is 43.4 Å². The molecule has 2 amide bonds. The molecule has 2 N–H and O–H groups in total. The highest BCUT2D eigenvalue weighted by atomic mass is 32.2. The van der Waals surface area contributed by atoms with Gasteiger partial charge in [-0.2, -0.15) is 0 Å². The van der Waals surface area contributed by atoms with Gasteiger partial charge in [0, 0.05) is 45.4 Å². The van der Waals surface area contributed by atoms with Crippen LogP contribution >= 0.6 is 11.8 Å². The fourth-order valence-electron chi connectivity index (χ4n) is 5.49. The van der Waals surface area contributed by atoms with Crippen LogP contribution in [0.25, 0.3) is 0 Å². The molecule has 0 unspecified atom stereocenters. The third kappa shape index (κ3) is 10.3. The van der Waals surface area contributed by atoms with Gasteiger partial charge in [0.25, 0.3) is 0 Å². The first-order valence-electron chi connectivity index (χ1n) is 16.5. The molecule has 1 fully saturated rings. The number of carbonyl (C=O) groups is 2. The van der Waals surface area contributed by atoms with Crippen LogP contribution < -0.4 is 10.2 Å². The highest BCUT2D eigenvalue weighted by Gasteiger charge is 2.41. The summed E-state index contributed by atoms with van der Waals surface area (Å²) in [5.74, 6) is -1.52. The lowest BCUT2D eigenvalue weighted by molar-refractivity contribution is -0.124. The van der Waals surface area contributed by atoms with Gasteiger partial charge in [0.05, 0.1) is 21.8 Å². The van der Waals surface area contributed by atoms with E-state index in [4.69, 9.17) is 20.3 Å². The minimum Gasteiger partial charge on any atom is -0.483 e. The van der Waals surface area contributed by atoms with Gasteiger partial charge in [-0.3, -0.25) is 20.4 Å². The zero-order valence-corrected chi connectivity index (χ0v) is 30.6.